The van der Waals surface area contributed by atoms with E-state index in [0.717, 1.165) is 76.8 Å². The molecule has 24 rings (SSSR count). The minimum atomic E-state index is -0.461. The number of fused-ring (bicyclic) bond motifs is 30. The lowest BCUT2D eigenvalue weighted by atomic mass is 9.69. The topological polar surface area (TPSA) is 41.6 Å². The first kappa shape index (κ1) is 64.3. The molecule has 520 valence electrons. The number of para-hydroxylation sites is 4. The maximum Gasteiger partial charge on any atom is 0.135 e. The van der Waals surface area contributed by atoms with E-state index in [-0.39, 0.29) is 5.41 Å². The van der Waals surface area contributed by atoms with Gasteiger partial charge in [-0.1, -0.05) is 307 Å². The van der Waals surface area contributed by atoms with Crippen LogP contribution < -0.4 is 10.2 Å². The minimum Gasteiger partial charge on any atom is -0.456 e. The van der Waals surface area contributed by atoms with Crippen molar-refractivity contribution in [2.45, 2.75) is 10.8 Å². The lowest BCUT2D eigenvalue weighted by Crippen LogP contribution is -2.26. The Bertz CT molecular complexity index is 7110. The summed E-state index contributed by atoms with van der Waals surface area (Å²) in [6.45, 7) is 0. The zero-order valence-corrected chi connectivity index (χ0v) is 61.8. The number of rotatable bonds is 7. The summed E-state index contributed by atoms with van der Waals surface area (Å²) in [5, 5.41) is 13.2. The molecule has 5 heteroatoms. The van der Waals surface area contributed by atoms with Crippen molar-refractivity contribution in [3.63, 3.8) is 0 Å². The third-order valence-electron chi connectivity index (χ3n) is 23.7. The second-order valence-electron chi connectivity index (χ2n) is 29.4. The number of hydrogen-bond acceptors (Lipinski definition) is 4. The van der Waals surface area contributed by atoms with Crippen molar-refractivity contribution in [1.82, 2.24) is 0 Å². The summed E-state index contributed by atoms with van der Waals surface area (Å²) in [5.41, 5.74) is 34.8. The highest BCUT2D eigenvalue weighted by Crippen LogP contribution is 2.67. The lowest BCUT2D eigenvalue weighted by molar-refractivity contribution is 0.668. The van der Waals surface area contributed by atoms with E-state index >= 15 is 0 Å². The van der Waals surface area contributed by atoms with Crippen LogP contribution in [0.15, 0.2) is 414 Å². The maximum atomic E-state index is 6.13. The van der Waals surface area contributed by atoms with Crippen molar-refractivity contribution in [3.8, 4) is 66.8 Å². The van der Waals surface area contributed by atoms with Gasteiger partial charge in [-0.15, -0.1) is 0 Å². The number of benzene rings is 18. The number of anilines is 5. The predicted molar refractivity (Wildman–Crippen MR) is 464 cm³/mol. The first-order valence-corrected chi connectivity index (χ1v) is 38.8. The van der Waals surface area contributed by atoms with Gasteiger partial charge in [0.15, 0.2) is 0 Å². The van der Waals surface area contributed by atoms with E-state index in [9.17, 15) is 0 Å². The molecule has 2 spiro atoms. The Balaban J connectivity index is 0.000000113. The molecule has 0 amide bonds. The molecule has 1 N–H and O–H groups in total. The molecule has 0 saturated heterocycles. The van der Waals surface area contributed by atoms with Gasteiger partial charge in [-0.3, -0.25) is 0 Å². The van der Waals surface area contributed by atoms with E-state index in [1.165, 1.54) is 133 Å². The van der Waals surface area contributed by atoms with E-state index in [0.29, 0.717) is 0 Å². The van der Waals surface area contributed by atoms with Gasteiger partial charge in [0.1, 0.15) is 22.3 Å². The molecule has 2 unspecified atom stereocenters. The quantitative estimate of drug-likeness (QED) is 0.173. The van der Waals surface area contributed by atoms with E-state index in [1.807, 2.05) is 48.5 Å². The highest BCUT2D eigenvalue weighted by molar-refractivity contribution is 9.10. The van der Waals surface area contributed by atoms with E-state index in [4.69, 9.17) is 8.83 Å². The van der Waals surface area contributed by atoms with Gasteiger partial charge in [0.25, 0.3) is 0 Å². The van der Waals surface area contributed by atoms with Gasteiger partial charge in [0, 0.05) is 54.5 Å². The molecule has 0 saturated carbocycles. The SMILES string of the molecule is Brc1ccc2c(c1)C1(c3ccccc3-2)c2ccccc2-c2ccc3ccccc3c21.c1ccc(N(c2ccc(-c3ccc4oc5ccccc5c4c3)cc2)c2ccc3c(c2)C2(c4ccccc4-3)c3ccccc3-c3ccc4ccccc4c32)cc1.c1ccc(Nc2ccc(-c3ccc4oc5ccccc5c4c3)cc2)cc1. The van der Waals surface area contributed by atoms with Gasteiger partial charge in [-0.05, 0) is 242 Å². The predicted octanol–water partition coefficient (Wildman–Crippen LogP) is 29.2. The van der Waals surface area contributed by atoms with Crippen molar-refractivity contribution in [2.75, 3.05) is 10.2 Å². The number of nitrogens with one attached hydrogen (secondary N) is 1. The summed E-state index contributed by atoms with van der Waals surface area (Å²) < 4.78 is 13.2. The molecule has 2 atom stereocenters. The van der Waals surface area contributed by atoms with Crippen LogP contribution in [0, 0.1) is 0 Å². The summed E-state index contributed by atoms with van der Waals surface area (Å²) in [7, 11) is 0. The normalized spacial score (nSPS) is 14.8. The van der Waals surface area contributed by atoms with E-state index < -0.39 is 5.41 Å². The van der Waals surface area contributed by atoms with Crippen molar-refractivity contribution in [3.05, 3.63) is 449 Å². The van der Waals surface area contributed by atoms with Crippen molar-refractivity contribution in [1.29, 1.82) is 0 Å². The summed E-state index contributed by atoms with van der Waals surface area (Å²) in [5.74, 6) is 0. The Hall–Kier alpha value is -13.8. The molecular formula is C106H67BrN2O2. The van der Waals surface area contributed by atoms with Gasteiger partial charge in [-0.25, -0.2) is 0 Å². The number of nitrogens with zero attached hydrogens (tertiary/aromatic N) is 1. The molecule has 0 fully saturated rings. The number of halogens is 1. The molecule has 0 aliphatic heterocycles. The van der Waals surface area contributed by atoms with E-state index in [1.54, 1.807) is 0 Å². The fourth-order valence-electron chi connectivity index (χ4n) is 19.0. The highest BCUT2D eigenvalue weighted by atomic mass is 79.9. The molecule has 0 radical (unpaired) electrons. The van der Waals surface area contributed by atoms with E-state index in [2.05, 4.69) is 378 Å². The largest absolute Gasteiger partial charge is 0.456 e. The zero-order valence-electron chi connectivity index (χ0n) is 60.2. The molecule has 111 heavy (non-hydrogen) atoms. The average Bonchev–Trinajstić information content (AvgIpc) is 1.51. The van der Waals surface area contributed by atoms with Crippen LogP contribution >= 0.6 is 15.9 Å². The third-order valence-corrected chi connectivity index (χ3v) is 24.1. The molecule has 4 nitrogen and oxygen atoms in total. The fraction of sp³-hybridized carbons (Fsp3) is 0.0189. The van der Waals surface area contributed by atoms with Gasteiger partial charge < -0.3 is 19.1 Å². The van der Waals surface area contributed by atoms with Gasteiger partial charge in [-0.2, -0.15) is 0 Å². The van der Waals surface area contributed by atoms with Crippen LogP contribution in [0.4, 0.5) is 28.4 Å². The van der Waals surface area contributed by atoms with Gasteiger partial charge >= 0.3 is 0 Å². The Morgan fingerprint density at radius 3 is 1.09 bits per heavy atom. The highest BCUT2D eigenvalue weighted by Gasteiger charge is 2.54. The zero-order chi connectivity index (χ0) is 73.3. The average molecular weight is 1480 g/mol. The molecule has 0 bridgehead atoms. The number of furan rings is 2. The first-order chi connectivity index (χ1) is 54.9. The Morgan fingerprint density at radius 2 is 0.577 bits per heavy atom. The summed E-state index contributed by atoms with van der Waals surface area (Å²) in [6, 6.07) is 145. The summed E-state index contributed by atoms with van der Waals surface area (Å²) >= 11 is 3.77. The monoisotopic (exact) mass is 1480 g/mol. The molecular weight excluding hydrogens is 1410 g/mol. The molecule has 2 heterocycles. The molecule has 2 aromatic heterocycles. The van der Waals surface area contributed by atoms with Crippen LogP contribution in [0.25, 0.3) is 132 Å². The second kappa shape index (κ2) is 25.7. The van der Waals surface area contributed by atoms with Crippen LogP contribution in [-0.4, -0.2) is 0 Å². The van der Waals surface area contributed by atoms with Crippen LogP contribution in [0.2, 0.25) is 0 Å². The lowest BCUT2D eigenvalue weighted by Gasteiger charge is -2.33. The Labute approximate surface area is 651 Å². The standard InChI is InChI=1S/C53H33NO.C29H17Br.C24H17NO/c1-2-13-37(14-3-1)54(38-26-22-34(23-27-38)36-25-31-51-46(32-36)44-18-8-11-21-50(44)55-51)39-28-30-43-41-16-6-9-19-47(41)53(49(43)33-39)48-20-10-7-17-42(48)45-29-24-35-12-4-5-15-40(35)52(45)53;30-19-14-16-23-21-9-3-5-11-25(21)29(27(23)17-19)26-12-6-4-10-22(26)24-15-13-18-7-1-2-8-20(18)28(24)29;1-2-6-19(7-3-1)25-20-13-10-17(11-14-20)18-12-15-24-22(16-18)21-8-4-5-9-23(21)26-24/h1-33H;1-17H;1-16,25H. The molecule has 4 aliphatic rings. The van der Waals surface area contributed by atoms with Crippen LogP contribution in [-0.2, 0) is 10.8 Å². The Morgan fingerprint density at radius 1 is 0.225 bits per heavy atom. The first-order valence-electron chi connectivity index (χ1n) is 38.0. The second-order valence-corrected chi connectivity index (χ2v) is 30.3. The van der Waals surface area contributed by atoms with Gasteiger partial charge in [0.2, 0.25) is 0 Å². The van der Waals surface area contributed by atoms with Crippen LogP contribution in [0.5, 0.6) is 0 Å². The fourth-order valence-corrected chi connectivity index (χ4v) is 19.4. The molecule has 4 aliphatic carbocycles. The molecule has 18 aromatic carbocycles. The number of hydrogen-bond donors (Lipinski definition) is 1. The maximum absolute atomic E-state index is 6.13. The smallest absolute Gasteiger partial charge is 0.135 e. The van der Waals surface area contributed by atoms with Crippen molar-refractivity contribution < 1.29 is 8.83 Å². The Kier molecular flexibility index (Phi) is 14.9. The summed E-state index contributed by atoms with van der Waals surface area (Å²) in [4.78, 5) is 2.40. The van der Waals surface area contributed by atoms with Crippen LogP contribution in [0.1, 0.15) is 44.5 Å². The van der Waals surface area contributed by atoms with Gasteiger partial charge in [0.05, 0.1) is 10.8 Å². The third kappa shape index (κ3) is 9.99. The van der Waals surface area contributed by atoms with Crippen molar-refractivity contribution >= 4 is 110 Å². The summed E-state index contributed by atoms with van der Waals surface area (Å²) in [6.07, 6.45) is 0. The van der Waals surface area contributed by atoms with Crippen molar-refractivity contribution in [2.24, 2.45) is 0 Å². The minimum absolute atomic E-state index is 0.289. The molecule has 20 aromatic rings. The van der Waals surface area contributed by atoms with Crippen LogP contribution in [0.3, 0.4) is 0 Å².